The van der Waals surface area contributed by atoms with Gasteiger partial charge in [-0.1, -0.05) is 19.8 Å². The quantitative estimate of drug-likeness (QED) is 0.878. The number of aromatic amines is 1. The first kappa shape index (κ1) is 11.6. The van der Waals surface area contributed by atoms with Crippen LogP contribution in [0.4, 0.5) is 5.82 Å². The van der Waals surface area contributed by atoms with Crippen molar-refractivity contribution in [3.8, 4) is 0 Å². The maximum Gasteiger partial charge on any atom is 0.267 e. The van der Waals surface area contributed by atoms with Crippen LogP contribution in [0.15, 0.2) is 15.6 Å². The third kappa shape index (κ3) is 2.45. The zero-order valence-corrected chi connectivity index (χ0v) is 10.9. The van der Waals surface area contributed by atoms with Gasteiger partial charge in [-0.05, 0) is 34.7 Å². The number of H-pyrrole nitrogens is 1. The number of anilines is 1. The lowest BCUT2D eigenvalue weighted by Gasteiger charge is -2.30. The number of rotatable bonds is 2. The minimum Gasteiger partial charge on any atom is -0.366 e. The second-order valence-electron chi connectivity index (χ2n) is 4.41. The van der Waals surface area contributed by atoms with Gasteiger partial charge >= 0.3 is 0 Å². The molecule has 2 unspecified atom stereocenters. The maximum atomic E-state index is 11.4. The highest BCUT2D eigenvalue weighted by molar-refractivity contribution is 9.10. The third-order valence-electron chi connectivity index (χ3n) is 3.23. The first-order chi connectivity index (χ1) is 7.68. The largest absolute Gasteiger partial charge is 0.366 e. The lowest BCUT2D eigenvalue weighted by Crippen LogP contribution is -2.31. The molecule has 0 aliphatic heterocycles. The summed E-state index contributed by atoms with van der Waals surface area (Å²) in [5.41, 5.74) is -0.138. The summed E-state index contributed by atoms with van der Waals surface area (Å²) in [5.74, 6) is 1.30. The number of hydrogen-bond donors (Lipinski definition) is 2. The number of nitrogens with zero attached hydrogens (tertiary/aromatic N) is 1. The molecule has 2 N–H and O–H groups in total. The van der Waals surface area contributed by atoms with Crippen LogP contribution >= 0.6 is 15.9 Å². The Kier molecular flexibility index (Phi) is 3.63. The molecule has 88 valence electrons. The summed E-state index contributed by atoms with van der Waals surface area (Å²) in [7, 11) is 0. The molecule has 1 heterocycles. The average Bonchev–Trinajstić information content (AvgIpc) is 2.28. The van der Waals surface area contributed by atoms with Crippen LogP contribution in [0.25, 0.3) is 0 Å². The number of halogens is 1. The molecule has 0 radical (unpaired) electrons. The Balaban J connectivity index is 2.14. The fourth-order valence-electron chi connectivity index (χ4n) is 2.19. The van der Waals surface area contributed by atoms with E-state index >= 15 is 0 Å². The molecule has 4 nitrogen and oxygen atoms in total. The van der Waals surface area contributed by atoms with Gasteiger partial charge in [0.2, 0.25) is 0 Å². The van der Waals surface area contributed by atoms with Crippen molar-refractivity contribution in [3.05, 3.63) is 21.2 Å². The third-order valence-corrected chi connectivity index (χ3v) is 3.97. The van der Waals surface area contributed by atoms with Gasteiger partial charge in [-0.3, -0.25) is 4.79 Å². The zero-order valence-electron chi connectivity index (χ0n) is 9.29. The summed E-state index contributed by atoms with van der Waals surface area (Å²) in [5, 5.41) is 3.36. The highest BCUT2D eigenvalue weighted by Crippen LogP contribution is 2.27. The molecule has 16 heavy (non-hydrogen) atoms. The van der Waals surface area contributed by atoms with E-state index in [4.69, 9.17) is 0 Å². The summed E-state index contributed by atoms with van der Waals surface area (Å²) >= 11 is 3.26. The van der Waals surface area contributed by atoms with Gasteiger partial charge in [-0.2, -0.15) is 0 Å². The number of nitrogens with one attached hydrogen (secondary N) is 2. The molecule has 1 aliphatic rings. The van der Waals surface area contributed by atoms with Crippen LogP contribution in [0.3, 0.4) is 0 Å². The normalized spacial score (nSPS) is 25.4. The summed E-state index contributed by atoms with van der Waals surface area (Å²) < 4.78 is 0.493. The maximum absolute atomic E-state index is 11.4. The van der Waals surface area contributed by atoms with E-state index in [1.807, 2.05) is 0 Å². The highest BCUT2D eigenvalue weighted by Gasteiger charge is 2.22. The van der Waals surface area contributed by atoms with Gasteiger partial charge in [0, 0.05) is 6.04 Å². The van der Waals surface area contributed by atoms with Crippen molar-refractivity contribution in [2.45, 2.75) is 38.6 Å². The molecule has 1 aliphatic carbocycles. The van der Waals surface area contributed by atoms with E-state index in [1.165, 1.54) is 25.6 Å². The number of hydrogen-bond acceptors (Lipinski definition) is 3. The first-order valence-electron chi connectivity index (χ1n) is 5.68. The van der Waals surface area contributed by atoms with Gasteiger partial charge in [0.05, 0.1) is 6.33 Å². The Morgan fingerprint density at radius 1 is 1.50 bits per heavy atom. The predicted molar refractivity (Wildman–Crippen MR) is 67.6 cm³/mol. The van der Waals surface area contributed by atoms with Crippen LogP contribution in [-0.4, -0.2) is 16.0 Å². The molecule has 2 rings (SSSR count). The lowest BCUT2D eigenvalue weighted by atomic mass is 9.86. The fraction of sp³-hybridized carbons (Fsp3) is 0.636. The van der Waals surface area contributed by atoms with Gasteiger partial charge in [-0.15, -0.1) is 0 Å². The average molecular weight is 286 g/mol. The van der Waals surface area contributed by atoms with E-state index in [2.05, 4.69) is 38.1 Å². The van der Waals surface area contributed by atoms with Crippen LogP contribution < -0.4 is 10.9 Å². The van der Waals surface area contributed by atoms with Crippen molar-refractivity contribution >= 4 is 21.7 Å². The lowest BCUT2D eigenvalue weighted by molar-refractivity contribution is 0.349. The second kappa shape index (κ2) is 4.99. The molecule has 5 heteroatoms. The molecule has 0 saturated heterocycles. The van der Waals surface area contributed by atoms with Gasteiger partial charge in [0.15, 0.2) is 0 Å². The zero-order chi connectivity index (χ0) is 11.5. The van der Waals surface area contributed by atoms with E-state index < -0.39 is 0 Å². The highest BCUT2D eigenvalue weighted by atomic mass is 79.9. The van der Waals surface area contributed by atoms with Crippen LogP contribution in [0.2, 0.25) is 0 Å². The molecular weight excluding hydrogens is 270 g/mol. The monoisotopic (exact) mass is 285 g/mol. The summed E-state index contributed by atoms with van der Waals surface area (Å²) in [6.07, 6.45) is 6.40. The SMILES string of the molecule is CC1CCCCC1Nc1nc[nH]c(=O)c1Br. The Hall–Kier alpha value is -0.840. The van der Waals surface area contributed by atoms with Crippen molar-refractivity contribution in [3.63, 3.8) is 0 Å². The van der Waals surface area contributed by atoms with Gasteiger partial charge < -0.3 is 10.3 Å². The van der Waals surface area contributed by atoms with Crippen molar-refractivity contribution in [1.82, 2.24) is 9.97 Å². The Labute approximate surface area is 103 Å². The Morgan fingerprint density at radius 3 is 3.00 bits per heavy atom. The van der Waals surface area contributed by atoms with Crippen LogP contribution in [0.5, 0.6) is 0 Å². The second-order valence-corrected chi connectivity index (χ2v) is 5.20. The molecule has 2 atom stereocenters. The van der Waals surface area contributed by atoms with Crippen molar-refractivity contribution < 1.29 is 0 Å². The summed E-state index contributed by atoms with van der Waals surface area (Å²) in [6, 6.07) is 0.430. The molecule has 1 aromatic heterocycles. The molecule has 0 amide bonds. The minimum absolute atomic E-state index is 0.138. The molecule has 1 fully saturated rings. The van der Waals surface area contributed by atoms with Gasteiger partial charge in [0.25, 0.3) is 5.56 Å². The van der Waals surface area contributed by atoms with E-state index in [9.17, 15) is 4.79 Å². The van der Waals surface area contributed by atoms with E-state index in [0.29, 0.717) is 22.3 Å². The first-order valence-corrected chi connectivity index (χ1v) is 6.47. The minimum atomic E-state index is -0.138. The van der Waals surface area contributed by atoms with E-state index in [1.54, 1.807) is 0 Å². The molecule has 1 aromatic rings. The fourth-order valence-corrected chi connectivity index (χ4v) is 2.52. The van der Waals surface area contributed by atoms with Crippen LogP contribution in [0.1, 0.15) is 32.6 Å². The molecular formula is C11H16BrN3O. The van der Waals surface area contributed by atoms with Crippen LogP contribution in [-0.2, 0) is 0 Å². The number of aromatic nitrogens is 2. The van der Waals surface area contributed by atoms with Crippen molar-refractivity contribution in [2.75, 3.05) is 5.32 Å². The van der Waals surface area contributed by atoms with E-state index in [-0.39, 0.29) is 5.56 Å². The molecule has 0 spiro atoms. The predicted octanol–water partition coefficient (Wildman–Crippen LogP) is 2.52. The van der Waals surface area contributed by atoms with Crippen molar-refractivity contribution in [1.29, 1.82) is 0 Å². The Morgan fingerprint density at radius 2 is 2.25 bits per heavy atom. The molecule has 0 aromatic carbocycles. The standard InChI is InChI=1S/C11H16BrN3O/c1-7-4-2-3-5-8(7)15-10-9(12)11(16)14-6-13-10/h6-8H,2-5H2,1H3,(H2,13,14,15,16). The van der Waals surface area contributed by atoms with Gasteiger partial charge in [-0.25, -0.2) is 4.98 Å². The Bertz CT molecular complexity index is 418. The van der Waals surface area contributed by atoms with Gasteiger partial charge in [0.1, 0.15) is 10.3 Å². The van der Waals surface area contributed by atoms with Crippen molar-refractivity contribution in [2.24, 2.45) is 5.92 Å². The van der Waals surface area contributed by atoms with Crippen LogP contribution in [0, 0.1) is 5.92 Å². The molecule has 0 bridgehead atoms. The molecule has 1 saturated carbocycles. The van der Waals surface area contributed by atoms with E-state index in [0.717, 1.165) is 6.42 Å². The topological polar surface area (TPSA) is 57.8 Å². The summed E-state index contributed by atoms with van der Waals surface area (Å²) in [4.78, 5) is 18.1. The summed E-state index contributed by atoms with van der Waals surface area (Å²) in [6.45, 7) is 2.25. The smallest absolute Gasteiger partial charge is 0.267 e.